The molecule has 0 fully saturated rings. The van der Waals surface area contributed by atoms with Gasteiger partial charge in [-0.1, -0.05) is 33.1 Å². The lowest BCUT2D eigenvalue weighted by molar-refractivity contribution is -0.394. The van der Waals surface area contributed by atoms with Crippen LogP contribution < -0.4 is 0 Å². The van der Waals surface area contributed by atoms with E-state index in [1.807, 2.05) is 6.92 Å². The highest BCUT2D eigenvalue weighted by Crippen LogP contribution is 2.41. The largest absolute Gasteiger partial charge is 0.502 e. The zero-order valence-electron chi connectivity index (χ0n) is 12.2. The average molecular weight is 296 g/mol. The molecule has 1 rings (SSSR count). The highest BCUT2D eigenvalue weighted by Gasteiger charge is 2.27. The van der Waals surface area contributed by atoms with Crippen molar-refractivity contribution in [1.82, 2.24) is 0 Å². The van der Waals surface area contributed by atoms with Crippen LogP contribution in [-0.2, 0) is 0 Å². The summed E-state index contributed by atoms with van der Waals surface area (Å²) in [6, 6.07) is 2.06. The molecule has 0 bridgehead atoms. The lowest BCUT2D eigenvalue weighted by Crippen LogP contribution is -2.02. The third kappa shape index (κ3) is 4.14. The first-order chi connectivity index (χ1) is 9.92. The highest BCUT2D eigenvalue weighted by atomic mass is 16.6. The molecule has 0 aliphatic carbocycles. The molecular formula is C14H20N2O5. The molecule has 1 N–H and O–H groups in total. The molecular weight excluding hydrogens is 276 g/mol. The summed E-state index contributed by atoms with van der Waals surface area (Å²) in [5, 5.41) is 31.9. The maximum atomic E-state index is 10.9. The molecule has 21 heavy (non-hydrogen) atoms. The summed E-state index contributed by atoms with van der Waals surface area (Å²) < 4.78 is 0. The molecule has 0 aliphatic rings. The zero-order chi connectivity index (χ0) is 16.0. The summed E-state index contributed by atoms with van der Waals surface area (Å²) in [7, 11) is 0. The van der Waals surface area contributed by atoms with Crippen LogP contribution in [0.15, 0.2) is 12.1 Å². The van der Waals surface area contributed by atoms with Gasteiger partial charge < -0.3 is 5.11 Å². The van der Waals surface area contributed by atoms with E-state index in [0.717, 1.165) is 31.7 Å². The summed E-state index contributed by atoms with van der Waals surface area (Å²) in [5.41, 5.74) is -0.661. The van der Waals surface area contributed by atoms with Crippen LogP contribution in [0.2, 0.25) is 0 Å². The summed E-state index contributed by atoms with van der Waals surface area (Å²) in [6.07, 6.45) is 4.39. The SMILES string of the molecule is CCCCCC(CC)c1cc([N+](=O)[O-])cc([N+](=O)[O-])c1O. The number of phenolic OH excluding ortho intramolecular Hbond substituents is 1. The van der Waals surface area contributed by atoms with Gasteiger partial charge >= 0.3 is 5.69 Å². The Morgan fingerprint density at radius 1 is 1.14 bits per heavy atom. The topological polar surface area (TPSA) is 107 Å². The molecule has 0 aromatic heterocycles. The van der Waals surface area contributed by atoms with Crippen molar-refractivity contribution in [3.8, 4) is 5.75 Å². The molecule has 1 atom stereocenters. The average Bonchev–Trinajstić information content (AvgIpc) is 2.44. The smallest absolute Gasteiger partial charge is 0.317 e. The van der Waals surface area contributed by atoms with Crippen molar-refractivity contribution in [2.75, 3.05) is 0 Å². The minimum Gasteiger partial charge on any atom is -0.502 e. The number of rotatable bonds is 8. The number of benzene rings is 1. The lowest BCUT2D eigenvalue weighted by atomic mass is 9.89. The van der Waals surface area contributed by atoms with Crippen molar-refractivity contribution in [3.63, 3.8) is 0 Å². The van der Waals surface area contributed by atoms with Crippen molar-refractivity contribution in [1.29, 1.82) is 0 Å². The van der Waals surface area contributed by atoms with Gasteiger partial charge in [-0.3, -0.25) is 20.2 Å². The van der Waals surface area contributed by atoms with Gasteiger partial charge in [0.2, 0.25) is 0 Å². The molecule has 0 saturated heterocycles. The van der Waals surface area contributed by atoms with Crippen molar-refractivity contribution in [2.45, 2.75) is 51.9 Å². The Labute approximate surface area is 122 Å². The number of aromatic hydroxyl groups is 1. The van der Waals surface area contributed by atoms with Crippen LogP contribution in [0, 0.1) is 20.2 Å². The summed E-state index contributed by atoms with van der Waals surface area (Å²) in [5.74, 6) is -0.566. The van der Waals surface area contributed by atoms with Crippen molar-refractivity contribution >= 4 is 11.4 Å². The van der Waals surface area contributed by atoms with Crippen molar-refractivity contribution < 1.29 is 15.0 Å². The standard InChI is InChI=1S/C14H20N2O5/c1-3-5-6-7-10(4-2)12-8-11(15(18)19)9-13(14(12)17)16(20)21/h8-10,17H,3-7H2,1-2H3. The Kier molecular flexibility index (Phi) is 6.08. The fraction of sp³-hybridized carbons (Fsp3) is 0.571. The molecule has 0 spiro atoms. The van der Waals surface area contributed by atoms with Gasteiger partial charge in [0.25, 0.3) is 5.69 Å². The molecule has 1 unspecified atom stereocenters. The Morgan fingerprint density at radius 2 is 1.81 bits per heavy atom. The van der Waals surface area contributed by atoms with Crippen molar-refractivity contribution in [2.24, 2.45) is 0 Å². The number of nitro benzene ring substituents is 2. The van der Waals surface area contributed by atoms with E-state index < -0.39 is 21.3 Å². The highest BCUT2D eigenvalue weighted by molar-refractivity contribution is 5.58. The molecule has 0 radical (unpaired) electrons. The summed E-state index contributed by atoms with van der Waals surface area (Å²) in [6.45, 7) is 3.97. The molecule has 0 heterocycles. The van der Waals surface area contributed by atoms with Gasteiger partial charge in [-0.15, -0.1) is 0 Å². The summed E-state index contributed by atoms with van der Waals surface area (Å²) in [4.78, 5) is 20.4. The van der Waals surface area contributed by atoms with E-state index >= 15 is 0 Å². The number of unbranched alkanes of at least 4 members (excludes halogenated alkanes) is 2. The second kappa shape index (κ2) is 7.56. The number of nitro groups is 2. The van der Waals surface area contributed by atoms with Gasteiger partial charge in [0, 0.05) is 11.6 Å². The van der Waals surface area contributed by atoms with Crippen LogP contribution in [0.4, 0.5) is 11.4 Å². The number of nitrogens with zero attached hydrogens (tertiary/aromatic N) is 2. The van der Waals surface area contributed by atoms with Crippen LogP contribution >= 0.6 is 0 Å². The van der Waals surface area contributed by atoms with Crippen LogP contribution in [0.1, 0.15) is 57.4 Å². The lowest BCUT2D eigenvalue weighted by Gasteiger charge is -2.16. The molecule has 0 amide bonds. The third-order valence-corrected chi connectivity index (χ3v) is 3.60. The molecule has 0 aliphatic heterocycles. The van der Waals surface area contributed by atoms with Gasteiger partial charge in [-0.05, 0) is 18.8 Å². The fourth-order valence-corrected chi connectivity index (χ4v) is 2.40. The number of hydrogen-bond donors (Lipinski definition) is 1. The molecule has 0 saturated carbocycles. The Balaban J connectivity index is 3.24. The quantitative estimate of drug-likeness (QED) is 0.437. The Bertz CT molecular complexity index is 530. The Morgan fingerprint density at radius 3 is 2.29 bits per heavy atom. The zero-order valence-corrected chi connectivity index (χ0v) is 12.2. The van der Waals surface area contributed by atoms with Crippen LogP contribution in [0.5, 0.6) is 5.75 Å². The van der Waals surface area contributed by atoms with Gasteiger partial charge in [-0.25, -0.2) is 0 Å². The predicted octanol–water partition coefficient (Wildman–Crippen LogP) is 4.28. The second-order valence-corrected chi connectivity index (χ2v) is 5.02. The Hall–Kier alpha value is -2.18. The van der Waals surface area contributed by atoms with E-state index in [1.165, 1.54) is 6.07 Å². The predicted molar refractivity (Wildman–Crippen MR) is 78.6 cm³/mol. The number of hydrogen-bond acceptors (Lipinski definition) is 5. The maximum Gasteiger partial charge on any atom is 0.317 e. The fourth-order valence-electron chi connectivity index (χ4n) is 2.40. The summed E-state index contributed by atoms with van der Waals surface area (Å²) >= 11 is 0. The van der Waals surface area contributed by atoms with Crippen molar-refractivity contribution in [3.05, 3.63) is 37.9 Å². The molecule has 1 aromatic carbocycles. The van der Waals surface area contributed by atoms with Crippen LogP contribution in [0.25, 0.3) is 0 Å². The van der Waals surface area contributed by atoms with E-state index in [0.29, 0.717) is 12.0 Å². The minimum atomic E-state index is -0.787. The van der Waals surface area contributed by atoms with Gasteiger partial charge in [0.15, 0.2) is 5.75 Å². The van der Waals surface area contributed by atoms with E-state index in [9.17, 15) is 25.3 Å². The number of phenols is 1. The first kappa shape index (κ1) is 16.9. The molecule has 1 aromatic rings. The van der Waals surface area contributed by atoms with E-state index in [4.69, 9.17) is 0 Å². The van der Waals surface area contributed by atoms with Gasteiger partial charge in [-0.2, -0.15) is 0 Å². The normalized spacial score (nSPS) is 12.1. The molecule has 116 valence electrons. The monoisotopic (exact) mass is 296 g/mol. The maximum absolute atomic E-state index is 10.9. The third-order valence-electron chi connectivity index (χ3n) is 3.60. The van der Waals surface area contributed by atoms with E-state index in [2.05, 4.69) is 6.92 Å². The van der Waals surface area contributed by atoms with Gasteiger partial charge in [0.05, 0.1) is 15.9 Å². The van der Waals surface area contributed by atoms with Gasteiger partial charge in [0.1, 0.15) is 0 Å². The molecule has 7 nitrogen and oxygen atoms in total. The minimum absolute atomic E-state index is 0.116. The van der Waals surface area contributed by atoms with Crippen LogP contribution in [-0.4, -0.2) is 15.0 Å². The first-order valence-electron chi connectivity index (χ1n) is 7.08. The molecule has 7 heteroatoms. The van der Waals surface area contributed by atoms with Crippen LogP contribution in [0.3, 0.4) is 0 Å². The second-order valence-electron chi connectivity index (χ2n) is 5.02. The van der Waals surface area contributed by atoms with E-state index in [-0.39, 0.29) is 11.6 Å². The number of non-ortho nitro benzene ring substituents is 1. The first-order valence-corrected chi connectivity index (χ1v) is 7.08. The van der Waals surface area contributed by atoms with E-state index in [1.54, 1.807) is 0 Å².